The lowest BCUT2D eigenvalue weighted by Crippen LogP contribution is -2.49. The largest absolute Gasteiger partial charge is 0.481 e. The zero-order valence-corrected chi connectivity index (χ0v) is 21.9. The van der Waals surface area contributed by atoms with Gasteiger partial charge in [-0.25, -0.2) is 4.98 Å². The Hall–Kier alpha value is -4.25. The maximum absolute atomic E-state index is 13.3. The molecule has 0 saturated carbocycles. The Balaban J connectivity index is 1.20. The average Bonchev–Trinajstić information content (AvgIpc) is 3.60. The van der Waals surface area contributed by atoms with Gasteiger partial charge in [-0.05, 0) is 54.3 Å². The lowest BCUT2D eigenvalue weighted by molar-refractivity contribution is -0.134. The second kappa shape index (κ2) is 11.0. The maximum atomic E-state index is 13.3. The molecule has 4 heterocycles. The van der Waals surface area contributed by atoms with Crippen molar-refractivity contribution in [3.05, 3.63) is 75.2 Å². The third-order valence-corrected chi connectivity index (χ3v) is 7.81. The SMILES string of the molecule is CC[C@@H](NC(=O)c1ccc2[nH]ncc2c1)C(=O)N1CCc2sc(C(=O)NCc3ccnc(OC)c3)cc2C1. The van der Waals surface area contributed by atoms with Gasteiger partial charge in [0.1, 0.15) is 6.04 Å². The molecule has 4 aromatic rings. The third-order valence-electron chi connectivity index (χ3n) is 6.58. The number of ether oxygens (including phenoxy) is 1. The molecule has 11 heteroatoms. The summed E-state index contributed by atoms with van der Waals surface area (Å²) in [5.41, 5.74) is 3.18. The topological polar surface area (TPSA) is 129 Å². The van der Waals surface area contributed by atoms with Crippen LogP contribution in [0.4, 0.5) is 0 Å². The van der Waals surface area contributed by atoms with Gasteiger partial charge in [0.05, 0.1) is 23.7 Å². The number of fused-ring (bicyclic) bond motifs is 2. The fourth-order valence-corrected chi connectivity index (χ4v) is 5.54. The van der Waals surface area contributed by atoms with E-state index in [1.807, 2.05) is 19.1 Å². The molecule has 1 aliphatic heterocycles. The van der Waals surface area contributed by atoms with Crippen LogP contribution in [-0.2, 0) is 24.3 Å². The molecule has 0 bridgehead atoms. The molecule has 5 rings (SSSR count). The first kappa shape index (κ1) is 25.4. The van der Waals surface area contributed by atoms with Crippen molar-refractivity contribution in [2.24, 2.45) is 0 Å². The summed E-state index contributed by atoms with van der Waals surface area (Å²) in [6.45, 7) is 3.18. The van der Waals surface area contributed by atoms with Crippen molar-refractivity contribution >= 4 is 40.0 Å². The molecule has 0 unspecified atom stereocenters. The van der Waals surface area contributed by atoms with Crippen molar-refractivity contribution in [3.8, 4) is 5.88 Å². The minimum Gasteiger partial charge on any atom is -0.481 e. The first-order valence-electron chi connectivity index (χ1n) is 12.4. The summed E-state index contributed by atoms with van der Waals surface area (Å²) in [4.78, 5) is 46.6. The molecule has 3 aromatic heterocycles. The van der Waals surface area contributed by atoms with Gasteiger partial charge in [-0.2, -0.15) is 5.10 Å². The number of thiophene rings is 1. The van der Waals surface area contributed by atoms with E-state index in [-0.39, 0.29) is 17.7 Å². The van der Waals surface area contributed by atoms with Gasteiger partial charge in [0.25, 0.3) is 11.8 Å². The van der Waals surface area contributed by atoms with Gasteiger partial charge in [0, 0.05) is 47.7 Å². The van der Waals surface area contributed by atoms with E-state index in [2.05, 4.69) is 25.8 Å². The lowest BCUT2D eigenvalue weighted by atomic mass is 10.1. The van der Waals surface area contributed by atoms with E-state index in [0.29, 0.717) is 48.8 Å². The van der Waals surface area contributed by atoms with Crippen molar-refractivity contribution in [2.75, 3.05) is 13.7 Å². The van der Waals surface area contributed by atoms with Crippen LogP contribution < -0.4 is 15.4 Å². The van der Waals surface area contributed by atoms with Gasteiger partial charge >= 0.3 is 0 Å². The number of hydrogen-bond acceptors (Lipinski definition) is 7. The Morgan fingerprint density at radius 2 is 2.05 bits per heavy atom. The summed E-state index contributed by atoms with van der Waals surface area (Å²) in [6.07, 6.45) is 4.44. The highest BCUT2D eigenvalue weighted by Gasteiger charge is 2.29. The minimum absolute atomic E-state index is 0.125. The Bertz CT molecular complexity index is 1500. The number of aromatic nitrogens is 3. The Morgan fingerprint density at radius 3 is 2.87 bits per heavy atom. The molecule has 1 atom stereocenters. The molecule has 196 valence electrons. The number of nitrogens with zero attached hydrogens (tertiary/aromatic N) is 3. The predicted molar refractivity (Wildman–Crippen MR) is 143 cm³/mol. The zero-order valence-electron chi connectivity index (χ0n) is 21.1. The average molecular weight is 533 g/mol. The molecular formula is C27H28N6O4S. The van der Waals surface area contributed by atoms with Crippen LogP contribution in [0.2, 0.25) is 0 Å². The second-order valence-electron chi connectivity index (χ2n) is 9.06. The van der Waals surface area contributed by atoms with Gasteiger partial charge in [0.2, 0.25) is 11.8 Å². The molecule has 0 saturated heterocycles. The molecule has 0 aliphatic carbocycles. The van der Waals surface area contributed by atoms with Gasteiger partial charge in [-0.15, -0.1) is 11.3 Å². The molecule has 0 spiro atoms. The number of carbonyl (C=O) groups excluding carboxylic acids is 3. The van der Waals surface area contributed by atoms with Crippen molar-refractivity contribution in [1.29, 1.82) is 0 Å². The highest BCUT2D eigenvalue weighted by Crippen LogP contribution is 2.29. The van der Waals surface area contributed by atoms with E-state index in [0.717, 1.165) is 26.9 Å². The fourth-order valence-electron chi connectivity index (χ4n) is 4.46. The van der Waals surface area contributed by atoms with Crippen LogP contribution in [0.25, 0.3) is 10.9 Å². The van der Waals surface area contributed by atoms with E-state index in [4.69, 9.17) is 4.74 Å². The number of hydrogen-bond donors (Lipinski definition) is 3. The lowest BCUT2D eigenvalue weighted by Gasteiger charge is -2.30. The highest BCUT2D eigenvalue weighted by atomic mass is 32.1. The van der Waals surface area contributed by atoms with Crippen LogP contribution in [0.15, 0.2) is 48.8 Å². The number of carbonyl (C=O) groups is 3. The number of methoxy groups -OCH3 is 1. The predicted octanol–water partition coefficient (Wildman–Crippen LogP) is 3.05. The van der Waals surface area contributed by atoms with Crippen LogP contribution in [0.1, 0.15) is 49.4 Å². The quantitative estimate of drug-likeness (QED) is 0.320. The van der Waals surface area contributed by atoms with Crippen LogP contribution in [0.5, 0.6) is 5.88 Å². The molecule has 0 radical (unpaired) electrons. The molecule has 10 nitrogen and oxygen atoms in total. The Morgan fingerprint density at radius 1 is 1.18 bits per heavy atom. The summed E-state index contributed by atoms with van der Waals surface area (Å²) >= 11 is 1.46. The van der Waals surface area contributed by atoms with E-state index >= 15 is 0 Å². The molecule has 3 N–H and O–H groups in total. The summed E-state index contributed by atoms with van der Waals surface area (Å²) in [6, 6.07) is 10.1. The number of benzene rings is 1. The molecule has 1 aliphatic rings. The molecule has 38 heavy (non-hydrogen) atoms. The zero-order chi connectivity index (χ0) is 26.6. The van der Waals surface area contributed by atoms with E-state index in [9.17, 15) is 14.4 Å². The van der Waals surface area contributed by atoms with Gasteiger partial charge in [-0.3, -0.25) is 19.5 Å². The summed E-state index contributed by atoms with van der Waals surface area (Å²) in [7, 11) is 1.55. The first-order chi connectivity index (χ1) is 18.4. The monoisotopic (exact) mass is 532 g/mol. The van der Waals surface area contributed by atoms with Crippen LogP contribution in [-0.4, -0.2) is 57.5 Å². The van der Waals surface area contributed by atoms with Crippen molar-refractivity contribution < 1.29 is 19.1 Å². The molecule has 1 aromatic carbocycles. The summed E-state index contributed by atoms with van der Waals surface area (Å²) in [5.74, 6) is -0.0907. The fraction of sp³-hybridized carbons (Fsp3) is 0.296. The first-order valence-corrected chi connectivity index (χ1v) is 13.2. The molecular weight excluding hydrogens is 504 g/mol. The minimum atomic E-state index is -0.636. The van der Waals surface area contributed by atoms with Gasteiger partial charge in [-0.1, -0.05) is 6.92 Å². The number of nitrogens with one attached hydrogen (secondary N) is 3. The Labute approximate surface area is 223 Å². The van der Waals surface area contributed by atoms with Crippen LogP contribution in [0, 0.1) is 0 Å². The highest BCUT2D eigenvalue weighted by molar-refractivity contribution is 7.14. The van der Waals surface area contributed by atoms with Crippen LogP contribution in [0.3, 0.4) is 0 Å². The normalized spacial score (nSPS) is 13.6. The smallest absolute Gasteiger partial charge is 0.261 e. The van der Waals surface area contributed by atoms with Crippen molar-refractivity contribution in [3.63, 3.8) is 0 Å². The van der Waals surface area contributed by atoms with Gasteiger partial charge < -0.3 is 20.3 Å². The van der Waals surface area contributed by atoms with E-state index in [1.165, 1.54) is 11.3 Å². The number of amides is 3. The maximum Gasteiger partial charge on any atom is 0.261 e. The third kappa shape index (κ3) is 5.37. The summed E-state index contributed by atoms with van der Waals surface area (Å²) in [5, 5.41) is 13.5. The second-order valence-corrected chi connectivity index (χ2v) is 10.2. The van der Waals surface area contributed by atoms with Gasteiger partial charge in [0.15, 0.2) is 0 Å². The van der Waals surface area contributed by atoms with Crippen molar-refractivity contribution in [2.45, 2.75) is 38.9 Å². The van der Waals surface area contributed by atoms with E-state index in [1.54, 1.807) is 48.7 Å². The number of H-pyrrole nitrogens is 1. The number of aromatic amines is 1. The van der Waals surface area contributed by atoms with Crippen molar-refractivity contribution in [1.82, 2.24) is 30.7 Å². The standard InChI is InChI=1S/C27H28N6O4S/c1-3-20(31-25(34)17-4-5-21-18(11-17)14-30-32-21)27(36)33-9-7-22-19(15-33)12-23(38-22)26(35)29-13-16-6-8-28-24(10-16)37-2/h4-6,8,10-12,14,20H,3,7,9,13,15H2,1-2H3,(H,29,35)(H,30,32)(H,31,34)/t20-/m1/s1. The molecule has 3 amide bonds. The van der Waals surface area contributed by atoms with Crippen LogP contribution >= 0.6 is 11.3 Å². The summed E-state index contributed by atoms with van der Waals surface area (Å²) < 4.78 is 5.13. The number of pyridine rings is 1. The molecule has 0 fully saturated rings. The van der Waals surface area contributed by atoms with E-state index < -0.39 is 6.04 Å². The number of rotatable bonds is 8. The Kier molecular flexibility index (Phi) is 7.36.